The molecular formula is C17H15Cl2NO. The number of carbonyl (C=O) groups excluding carboxylic acids is 1. The van der Waals surface area contributed by atoms with Crippen LogP contribution in [0.25, 0.3) is 6.08 Å². The summed E-state index contributed by atoms with van der Waals surface area (Å²) in [6, 6.07) is 17.0. The largest absolute Gasteiger partial charge is 0.326 e. The highest BCUT2D eigenvalue weighted by atomic mass is 35.5. The van der Waals surface area contributed by atoms with Crippen molar-refractivity contribution in [1.82, 2.24) is 0 Å². The predicted octanol–water partition coefficient (Wildman–Crippen LogP) is 5.20. The molecule has 2 aromatic carbocycles. The van der Waals surface area contributed by atoms with Gasteiger partial charge in [-0.15, -0.1) is 0 Å². The number of benzene rings is 2. The standard InChI is InChI=1S/C17H15Cl2NO/c1-12(17(21)20-15-5-3-2-4-6-15)14-9-7-13(8-10-14)11-16(18)19/h2-12H,1H3,(H,20,21). The molecule has 0 radical (unpaired) electrons. The average molecular weight is 320 g/mol. The topological polar surface area (TPSA) is 29.1 Å². The van der Waals surface area contributed by atoms with Crippen LogP contribution >= 0.6 is 23.2 Å². The maximum absolute atomic E-state index is 12.2. The summed E-state index contributed by atoms with van der Waals surface area (Å²) < 4.78 is 0.206. The molecule has 0 saturated carbocycles. The Balaban J connectivity index is 2.07. The molecule has 0 aliphatic carbocycles. The van der Waals surface area contributed by atoms with Gasteiger partial charge in [-0.3, -0.25) is 4.79 Å². The number of hydrogen-bond acceptors (Lipinski definition) is 1. The summed E-state index contributed by atoms with van der Waals surface area (Å²) in [4.78, 5) is 12.2. The summed E-state index contributed by atoms with van der Waals surface area (Å²) in [6.07, 6.45) is 1.65. The Labute approximate surface area is 134 Å². The minimum absolute atomic E-state index is 0.0418. The fourth-order valence-electron chi connectivity index (χ4n) is 1.93. The minimum atomic E-state index is -0.241. The molecule has 4 heteroatoms. The number of anilines is 1. The van der Waals surface area contributed by atoms with Crippen molar-refractivity contribution in [2.75, 3.05) is 5.32 Å². The summed E-state index contributed by atoms with van der Waals surface area (Å²) in [7, 11) is 0. The van der Waals surface area contributed by atoms with Gasteiger partial charge in [-0.1, -0.05) is 65.7 Å². The Kier molecular flexibility index (Phi) is 5.43. The number of rotatable bonds is 4. The van der Waals surface area contributed by atoms with E-state index in [0.29, 0.717) is 0 Å². The molecule has 2 rings (SSSR count). The fraction of sp³-hybridized carbons (Fsp3) is 0.118. The lowest BCUT2D eigenvalue weighted by molar-refractivity contribution is -0.117. The second-order valence-electron chi connectivity index (χ2n) is 4.68. The van der Waals surface area contributed by atoms with Gasteiger partial charge in [0.25, 0.3) is 0 Å². The molecule has 0 aliphatic rings. The van der Waals surface area contributed by atoms with Crippen LogP contribution in [0.1, 0.15) is 24.0 Å². The lowest BCUT2D eigenvalue weighted by atomic mass is 9.99. The van der Waals surface area contributed by atoms with Crippen LogP contribution in [0, 0.1) is 0 Å². The van der Waals surface area contributed by atoms with Crippen molar-refractivity contribution in [3.63, 3.8) is 0 Å². The normalized spacial score (nSPS) is 11.6. The van der Waals surface area contributed by atoms with Crippen LogP contribution in [0.4, 0.5) is 5.69 Å². The third-order valence-corrected chi connectivity index (χ3v) is 3.37. The minimum Gasteiger partial charge on any atom is -0.326 e. The third-order valence-electron chi connectivity index (χ3n) is 3.15. The Morgan fingerprint density at radius 2 is 1.67 bits per heavy atom. The lowest BCUT2D eigenvalue weighted by Gasteiger charge is -2.12. The van der Waals surface area contributed by atoms with Crippen LogP contribution in [0.2, 0.25) is 0 Å². The van der Waals surface area contributed by atoms with Gasteiger partial charge < -0.3 is 5.32 Å². The molecule has 1 amide bonds. The monoisotopic (exact) mass is 319 g/mol. The highest BCUT2D eigenvalue weighted by Gasteiger charge is 2.15. The molecule has 0 heterocycles. The molecule has 0 fully saturated rings. The molecule has 2 aromatic rings. The SMILES string of the molecule is CC(C(=O)Nc1ccccc1)c1ccc(C=C(Cl)Cl)cc1. The molecule has 2 nitrogen and oxygen atoms in total. The summed E-state index contributed by atoms with van der Waals surface area (Å²) in [5, 5.41) is 2.89. The van der Waals surface area contributed by atoms with Gasteiger partial charge in [0, 0.05) is 5.69 Å². The molecular weight excluding hydrogens is 305 g/mol. The lowest BCUT2D eigenvalue weighted by Crippen LogP contribution is -2.18. The zero-order chi connectivity index (χ0) is 15.2. The van der Waals surface area contributed by atoms with Crippen molar-refractivity contribution in [1.29, 1.82) is 0 Å². The van der Waals surface area contributed by atoms with E-state index in [0.717, 1.165) is 16.8 Å². The van der Waals surface area contributed by atoms with Gasteiger partial charge in [0.05, 0.1) is 5.92 Å². The second-order valence-corrected chi connectivity index (χ2v) is 5.69. The Morgan fingerprint density at radius 3 is 2.24 bits per heavy atom. The molecule has 0 saturated heterocycles. The highest BCUT2D eigenvalue weighted by molar-refractivity contribution is 6.57. The number of para-hydroxylation sites is 1. The van der Waals surface area contributed by atoms with Crippen LogP contribution in [-0.2, 0) is 4.79 Å². The van der Waals surface area contributed by atoms with Crippen LogP contribution in [-0.4, -0.2) is 5.91 Å². The molecule has 1 N–H and O–H groups in total. The van der Waals surface area contributed by atoms with E-state index in [2.05, 4.69) is 5.32 Å². The summed E-state index contributed by atoms with van der Waals surface area (Å²) in [6.45, 7) is 1.87. The van der Waals surface area contributed by atoms with Crippen LogP contribution in [0.5, 0.6) is 0 Å². The van der Waals surface area contributed by atoms with Crippen LogP contribution in [0.3, 0.4) is 0 Å². The van der Waals surface area contributed by atoms with Crippen LogP contribution in [0.15, 0.2) is 59.1 Å². The van der Waals surface area contributed by atoms with Crippen molar-refractivity contribution < 1.29 is 4.79 Å². The van der Waals surface area contributed by atoms with E-state index < -0.39 is 0 Å². The molecule has 0 aromatic heterocycles. The van der Waals surface area contributed by atoms with E-state index in [1.54, 1.807) is 6.08 Å². The first-order chi connectivity index (χ1) is 10.1. The van der Waals surface area contributed by atoms with Crippen molar-refractivity contribution in [2.45, 2.75) is 12.8 Å². The van der Waals surface area contributed by atoms with Gasteiger partial charge in [0.2, 0.25) is 5.91 Å². The van der Waals surface area contributed by atoms with Crippen molar-refractivity contribution >= 4 is 40.9 Å². The average Bonchev–Trinajstić information content (AvgIpc) is 2.47. The molecule has 1 atom stereocenters. The van der Waals surface area contributed by atoms with Gasteiger partial charge in [-0.25, -0.2) is 0 Å². The van der Waals surface area contributed by atoms with Gasteiger partial charge in [0.15, 0.2) is 0 Å². The van der Waals surface area contributed by atoms with Crippen molar-refractivity contribution in [2.24, 2.45) is 0 Å². The first kappa shape index (κ1) is 15.6. The van der Waals surface area contributed by atoms with Crippen LogP contribution < -0.4 is 5.32 Å². The first-order valence-electron chi connectivity index (χ1n) is 6.55. The Morgan fingerprint density at radius 1 is 1.05 bits per heavy atom. The number of amides is 1. The van der Waals surface area contributed by atoms with E-state index in [1.807, 2.05) is 61.5 Å². The smallest absolute Gasteiger partial charge is 0.231 e. The molecule has 0 aliphatic heterocycles. The maximum Gasteiger partial charge on any atom is 0.231 e. The molecule has 0 spiro atoms. The molecule has 21 heavy (non-hydrogen) atoms. The zero-order valence-electron chi connectivity index (χ0n) is 11.5. The van der Waals surface area contributed by atoms with Crippen molar-refractivity contribution in [3.8, 4) is 0 Å². The van der Waals surface area contributed by atoms with E-state index in [-0.39, 0.29) is 16.3 Å². The van der Waals surface area contributed by atoms with Gasteiger partial charge in [-0.2, -0.15) is 0 Å². The first-order valence-corrected chi connectivity index (χ1v) is 7.30. The van der Waals surface area contributed by atoms with E-state index in [9.17, 15) is 4.79 Å². The van der Waals surface area contributed by atoms with Crippen molar-refractivity contribution in [3.05, 3.63) is 70.2 Å². The van der Waals surface area contributed by atoms with E-state index in [4.69, 9.17) is 23.2 Å². The Hall–Kier alpha value is -1.77. The Bertz CT molecular complexity index is 632. The molecule has 108 valence electrons. The quantitative estimate of drug-likeness (QED) is 0.824. The van der Waals surface area contributed by atoms with Gasteiger partial charge in [0.1, 0.15) is 4.49 Å². The van der Waals surface area contributed by atoms with Gasteiger partial charge >= 0.3 is 0 Å². The summed E-state index contributed by atoms with van der Waals surface area (Å²) in [5.74, 6) is -0.283. The number of halogens is 2. The van der Waals surface area contributed by atoms with E-state index in [1.165, 1.54) is 0 Å². The number of hydrogen-bond donors (Lipinski definition) is 1. The van der Waals surface area contributed by atoms with E-state index >= 15 is 0 Å². The molecule has 1 unspecified atom stereocenters. The summed E-state index contributed by atoms with van der Waals surface area (Å²) in [5.41, 5.74) is 2.63. The number of carbonyl (C=O) groups is 1. The predicted molar refractivity (Wildman–Crippen MR) is 89.6 cm³/mol. The van der Waals surface area contributed by atoms with Gasteiger partial charge in [-0.05, 0) is 36.3 Å². The highest BCUT2D eigenvalue weighted by Crippen LogP contribution is 2.20. The fourth-order valence-corrected chi connectivity index (χ4v) is 2.18. The zero-order valence-corrected chi connectivity index (χ0v) is 13.0. The number of nitrogens with one attached hydrogen (secondary N) is 1. The molecule has 0 bridgehead atoms. The second kappa shape index (κ2) is 7.30. The summed E-state index contributed by atoms with van der Waals surface area (Å²) >= 11 is 11.2. The third kappa shape index (κ3) is 4.62. The maximum atomic E-state index is 12.2.